The molecule has 0 aliphatic carbocycles. The number of nitrogens with zero attached hydrogens (tertiary/aromatic N) is 2. The molecule has 2 radical (unpaired) electrons. The Kier molecular flexibility index (Phi) is 12.6. The van der Waals surface area contributed by atoms with Gasteiger partial charge in [-0.3, -0.25) is 4.90 Å². The molecule has 1 aromatic carbocycles. The molecule has 4 heteroatoms. The molecule has 2 aliphatic rings. The second kappa shape index (κ2) is 15.8. The van der Waals surface area contributed by atoms with Crippen LogP contribution in [0.1, 0.15) is 76.2 Å². The van der Waals surface area contributed by atoms with Gasteiger partial charge in [-0.2, -0.15) is 0 Å². The van der Waals surface area contributed by atoms with Crippen LogP contribution in [0.15, 0.2) is 30.3 Å². The lowest BCUT2D eigenvalue weighted by Crippen LogP contribution is -2.45. The number of hydrogen-bond donors (Lipinski definition) is 0. The van der Waals surface area contributed by atoms with E-state index in [2.05, 4.69) is 53.1 Å². The summed E-state index contributed by atoms with van der Waals surface area (Å²) in [5.74, 6) is 0. The molecule has 2 saturated heterocycles. The summed E-state index contributed by atoms with van der Waals surface area (Å²) in [6.45, 7) is 10.0. The summed E-state index contributed by atoms with van der Waals surface area (Å²) in [6.07, 6.45) is 16.6. The molecule has 1 unspecified atom stereocenters. The highest BCUT2D eigenvalue weighted by Gasteiger charge is 2.16. The standard InChI is InChI=1S/C27H44N2O2/c1(2-4-6-12-24-30-27-16-10-13-25-31-27)3-5-11-18-28-20-22-29(23-21-28)19-17-26-14-8-7-9-15-26/h7-9,14-15,17,19,27H,1-6,10-13,16,18,20-25H2. The molecule has 0 spiro atoms. The van der Waals surface area contributed by atoms with Crippen LogP contribution in [0.5, 0.6) is 0 Å². The van der Waals surface area contributed by atoms with Gasteiger partial charge in [-0.15, -0.1) is 0 Å². The quantitative estimate of drug-likeness (QED) is 0.335. The lowest BCUT2D eigenvalue weighted by molar-refractivity contribution is -0.162. The molecule has 4 nitrogen and oxygen atoms in total. The molecule has 2 heterocycles. The minimum absolute atomic E-state index is 0.0856. The lowest BCUT2D eigenvalue weighted by atomic mass is 10.1. The van der Waals surface area contributed by atoms with Crippen LogP contribution in [-0.4, -0.2) is 62.0 Å². The van der Waals surface area contributed by atoms with E-state index in [0.29, 0.717) is 0 Å². The van der Waals surface area contributed by atoms with E-state index in [9.17, 15) is 0 Å². The van der Waals surface area contributed by atoms with Crippen LogP contribution in [0, 0.1) is 13.0 Å². The van der Waals surface area contributed by atoms with E-state index < -0.39 is 0 Å². The first-order valence-corrected chi connectivity index (χ1v) is 12.8. The largest absolute Gasteiger partial charge is 0.353 e. The molecule has 2 fully saturated rings. The highest BCUT2D eigenvalue weighted by atomic mass is 16.7. The highest BCUT2D eigenvalue weighted by molar-refractivity contribution is 5.25. The Hall–Kier alpha value is -0.940. The van der Waals surface area contributed by atoms with Crippen LogP contribution in [0.25, 0.3) is 0 Å². The van der Waals surface area contributed by atoms with E-state index in [1.807, 2.05) is 0 Å². The summed E-state index contributed by atoms with van der Waals surface area (Å²) in [6, 6.07) is 10.6. The first-order valence-electron chi connectivity index (χ1n) is 12.8. The highest BCUT2D eigenvalue weighted by Crippen LogP contribution is 2.15. The fraction of sp³-hybridized carbons (Fsp3) is 0.704. The Morgan fingerprint density at radius 2 is 1.55 bits per heavy atom. The Labute approximate surface area is 191 Å². The molecule has 31 heavy (non-hydrogen) atoms. The van der Waals surface area contributed by atoms with Gasteiger partial charge in [0.2, 0.25) is 0 Å². The van der Waals surface area contributed by atoms with Crippen LogP contribution in [0.4, 0.5) is 0 Å². The molecule has 0 bridgehead atoms. The fourth-order valence-corrected chi connectivity index (χ4v) is 4.45. The fourth-order valence-electron chi connectivity index (χ4n) is 4.45. The molecule has 0 N–H and O–H groups in total. The van der Waals surface area contributed by atoms with E-state index in [1.165, 1.54) is 89.4 Å². The average Bonchev–Trinajstić information content (AvgIpc) is 2.83. The van der Waals surface area contributed by atoms with Crippen LogP contribution in [0.2, 0.25) is 0 Å². The first kappa shape index (κ1) is 24.7. The first-order chi connectivity index (χ1) is 15.4. The number of ether oxygens (including phenoxy) is 2. The minimum Gasteiger partial charge on any atom is -0.353 e. The van der Waals surface area contributed by atoms with Gasteiger partial charge in [-0.25, -0.2) is 0 Å². The molecule has 1 atom stereocenters. The van der Waals surface area contributed by atoms with Crippen molar-refractivity contribution in [1.29, 1.82) is 0 Å². The third-order valence-electron chi connectivity index (χ3n) is 6.49. The third-order valence-corrected chi connectivity index (χ3v) is 6.49. The Balaban J connectivity index is 1.06. The average molecular weight is 429 g/mol. The van der Waals surface area contributed by atoms with E-state index in [1.54, 1.807) is 0 Å². The number of hydrogen-bond acceptors (Lipinski definition) is 4. The molecular formula is C27H44N2O2. The van der Waals surface area contributed by atoms with Gasteiger partial charge in [0.15, 0.2) is 6.29 Å². The summed E-state index contributed by atoms with van der Waals surface area (Å²) < 4.78 is 11.4. The second-order valence-electron chi connectivity index (χ2n) is 9.10. The molecule has 0 aromatic heterocycles. The summed E-state index contributed by atoms with van der Waals surface area (Å²) in [5, 5.41) is 0. The van der Waals surface area contributed by atoms with Crippen molar-refractivity contribution in [2.24, 2.45) is 0 Å². The SMILES string of the molecule is [CH]([CH]N1CCN(CCCCCCCCCCOC2CCCCO2)CC1)c1ccccc1. The number of piperazine rings is 1. The maximum atomic E-state index is 5.81. The summed E-state index contributed by atoms with van der Waals surface area (Å²) in [7, 11) is 0. The van der Waals surface area contributed by atoms with Crippen molar-refractivity contribution >= 4 is 0 Å². The van der Waals surface area contributed by atoms with Gasteiger partial charge in [0.05, 0.1) is 0 Å². The Morgan fingerprint density at radius 3 is 2.26 bits per heavy atom. The molecule has 0 amide bonds. The topological polar surface area (TPSA) is 24.9 Å². The van der Waals surface area contributed by atoms with Crippen molar-refractivity contribution in [1.82, 2.24) is 9.80 Å². The van der Waals surface area contributed by atoms with Crippen molar-refractivity contribution in [2.75, 3.05) is 45.9 Å². The normalized spacial score (nSPS) is 20.8. The van der Waals surface area contributed by atoms with Crippen LogP contribution in [-0.2, 0) is 9.47 Å². The summed E-state index contributed by atoms with van der Waals surface area (Å²) >= 11 is 0. The van der Waals surface area contributed by atoms with E-state index in [0.717, 1.165) is 32.7 Å². The van der Waals surface area contributed by atoms with E-state index >= 15 is 0 Å². The molecule has 174 valence electrons. The van der Waals surface area contributed by atoms with E-state index in [4.69, 9.17) is 9.47 Å². The zero-order valence-corrected chi connectivity index (χ0v) is 19.6. The van der Waals surface area contributed by atoms with Gasteiger partial charge in [0.1, 0.15) is 0 Å². The maximum Gasteiger partial charge on any atom is 0.157 e. The smallest absolute Gasteiger partial charge is 0.157 e. The molecule has 2 aliphatic heterocycles. The summed E-state index contributed by atoms with van der Waals surface area (Å²) in [5.41, 5.74) is 1.28. The zero-order valence-electron chi connectivity index (χ0n) is 19.6. The van der Waals surface area contributed by atoms with E-state index in [-0.39, 0.29) is 6.29 Å². The van der Waals surface area contributed by atoms with Crippen LogP contribution in [0.3, 0.4) is 0 Å². The van der Waals surface area contributed by atoms with Gasteiger partial charge in [0.25, 0.3) is 0 Å². The maximum absolute atomic E-state index is 5.81. The van der Waals surface area contributed by atoms with Crippen molar-refractivity contribution < 1.29 is 9.47 Å². The van der Waals surface area contributed by atoms with Crippen LogP contribution < -0.4 is 0 Å². The van der Waals surface area contributed by atoms with Crippen molar-refractivity contribution in [2.45, 2.75) is 76.9 Å². The minimum atomic E-state index is 0.0856. The second-order valence-corrected chi connectivity index (χ2v) is 9.10. The Bertz CT molecular complexity index is 539. The Morgan fingerprint density at radius 1 is 0.839 bits per heavy atom. The molecule has 1 aromatic rings. The molecular weight excluding hydrogens is 384 g/mol. The molecule has 3 rings (SSSR count). The number of benzene rings is 1. The van der Waals surface area contributed by atoms with Crippen LogP contribution >= 0.6 is 0 Å². The van der Waals surface area contributed by atoms with Crippen molar-refractivity contribution in [3.63, 3.8) is 0 Å². The van der Waals surface area contributed by atoms with Gasteiger partial charge >= 0.3 is 0 Å². The monoisotopic (exact) mass is 428 g/mol. The van der Waals surface area contributed by atoms with Crippen molar-refractivity contribution in [3.05, 3.63) is 48.9 Å². The van der Waals surface area contributed by atoms with Gasteiger partial charge in [-0.1, -0.05) is 68.9 Å². The number of unbranched alkanes of at least 4 members (excludes halogenated alkanes) is 7. The third kappa shape index (κ3) is 11.0. The molecule has 0 saturated carbocycles. The van der Waals surface area contributed by atoms with Crippen molar-refractivity contribution in [3.8, 4) is 0 Å². The predicted molar refractivity (Wildman–Crippen MR) is 129 cm³/mol. The van der Waals surface area contributed by atoms with Gasteiger partial charge in [0, 0.05) is 52.4 Å². The summed E-state index contributed by atoms with van der Waals surface area (Å²) in [4.78, 5) is 5.10. The zero-order chi connectivity index (χ0) is 21.4. The number of rotatable bonds is 15. The van der Waals surface area contributed by atoms with Gasteiger partial charge < -0.3 is 14.4 Å². The lowest BCUT2D eigenvalue weighted by Gasteiger charge is -2.34. The van der Waals surface area contributed by atoms with Gasteiger partial charge in [-0.05, 0) is 44.2 Å². The predicted octanol–water partition coefficient (Wildman–Crippen LogP) is 5.68.